The van der Waals surface area contributed by atoms with E-state index in [9.17, 15) is 15.2 Å². The highest BCUT2D eigenvalue weighted by Gasteiger charge is 2.23. The van der Waals surface area contributed by atoms with Crippen molar-refractivity contribution in [3.63, 3.8) is 0 Å². The highest BCUT2D eigenvalue weighted by atomic mass is 16.8. The third-order valence-corrected chi connectivity index (χ3v) is 3.22. The fraction of sp³-hybridized carbons (Fsp3) is 0.467. The average molecular weight is 306 g/mol. The van der Waals surface area contributed by atoms with E-state index in [1.807, 2.05) is 26.8 Å². The van der Waals surface area contributed by atoms with Crippen molar-refractivity contribution in [3.8, 4) is 0 Å². The maximum atomic E-state index is 12.0. The van der Waals surface area contributed by atoms with Gasteiger partial charge in [0, 0.05) is 24.7 Å². The number of rotatable bonds is 1. The van der Waals surface area contributed by atoms with E-state index in [4.69, 9.17) is 4.74 Å². The number of nitrogens with zero attached hydrogens (tertiary/aromatic N) is 2. The quantitative estimate of drug-likeness (QED) is 0.800. The van der Waals surface area contributed by atoms with Crippen molar-refractivity contribution in [2.75, 3.05) is 13.1 Å². The van der Waals surface area contributed by atoms with Crippen molar-refractivity contribution in [1.82, 2.24) is 14.8 Å². The predicted octanol–water partition coefficient (Wildman–Crippen LogP) is 1.81. The Morgan fingerprint density at radius 1 is 1.36 bits per heavy atom. The molecule has 1 aromatic heterocycles. The van der Waals surface area contributed by atoms with Crippen LogP contribution in [0.2, 0.25) is 0 Å². The second kappa shape index (κ2) is 6.13. The van der Waals surface area contributed by atoms with Crippen LogP contribution < -0.4 is 10.4 Å². The Bertz CT molecular complexity index is 631. The molecule has 0 aromatic carbocycles. The Balaban J connectivity index is 2.05. The average Bonchev–Trinajstić information content (AvgIpc) is 2.46. The number of amides is 1. The van der Waals surface area contributed by atoms with E-state index in [1.165, 1.54) is 6.07 Å². The molecule has 2 heterocycles. The monoisotopic (exact) mass is 306 g/mol. The summed E-state index contributed by atoms with van der Waals surface area (Å²) in [4.78, 5) is 15.8. The van der Waals surface area contributed by atoms with Crippen LogP contribution in [0.15, 0.2) is 24.4 Å². The number of hydrogen-bond acceptors (Lipinski definition) is 4. The van der Waals surface area contributed by atoms with Crippen LogP contribution in [-0.2, 0) is 4.74 Å². The molecule has 7 heteroatoms. The van der Waals surface area contributed by atoms with Gasteiger partial charge in [-0.2, -0.15) is 0 Å². The van der Waals surface area contributed by atoms with Crippen LogP contribution >= 0.6 is 0 Å². The van der Waals surface area contributed by atoms with Gasteiger partial charge in [-0.15, -0.1) is 0 Å². The van der Waals surface area contributed by atoms with Gasteiger partial charge in [-0.05, 0) is 38.8 Å². The van der Waals surface area contributed by atoms with Gasteiger partial charge < -0.3 is 20.1 Å². The van der Waals surface area contributed by atoms with Crippen molar-refractivity contribution in [2.24, 2.45) is 0 Å². The summed E-state index contributed by atoms with van der Waals surface area (Å²) in [7, 11) is 0. The molecule has 0 radical (unpaired) electrons. The fourth-order valence-corrected chi connectivity index (χ4v) is 2.15. The maximum absolute atomic E-state index is 12.0. The molecule has 1 aliphatic rings. The number of hydrogen-bond donors (Lipinski definition) is 1. The number of aromatic nitrogens is 1. The molecule has 0 aliphatic carbocycles. The third-order valence-electron chi connectivity index (χ3n) is 3.22. The summed E-state index contributed by atoms with van der Waals surface area (Å²) in [5.41, 5.74) is 1.41. The molecule has 0 saturated heterocycles. The van der Waals surface area contributed by atoms with E-state index < -0.39 is 10.5 Å². The molecule has 1 amide bonds. The summed E-state index contributed by atoms with van der Waals surface area (Å²) in [6.45, 7) is 6.55. The van der Waals surface area contributed by atoms with E-state index in [-0.39, 0.29) is 11.6 Å². The van der Waals surface area contributed by atoms with Gasteiger partial charge in [0.05, 0.1) is 6.20 Å². The zero-order valence-electron chi connectivity index (χ0n) is 13.0. The second-order valence-corrected chi connectivity index (χ2v) is 6.13. The van der Waals surface area contributed by atoms with Gasteiger partial charge in [-0.3, -0.25) is 4.90 Å². The Kier molecular flexibility index (Phi) is 4.44. The minimum absolute atomic E-state index is 0.0458. The van der Waals surface area contributed by atoms with Crippen LogP contribution in [0.25, 0.3) is 5.57 Å². The first-order valence-corrected chi connectivity index (χ1v) is 7.10. The van der Waals surface area contributed by atoms with Crippen LogP contribution in [0.1, 0.15) is 32.8 Å². The van der Waals surface area contributed by atoms with E-state index in [0.29, 0.717) is 19.5 Å². The standard InChI is InChI=1S/C15H20N3O4/c1-15(2,3)22-14(19)17-8-6-11(7-9-17)12-4-5-13(16-10-12)18(20)21/h4-6,10,16H,7-9H2,1-3H3/q-1. The van der Waals surface area contributed by atoms with E-state index in [0.717, 1.165) is 11.1 Å². The number of ether oxygens (including phenoxy) is 1. The van der Waals surface area contributed by atoms with Crippen molar-refractivity contribution in [3.05, 3.63) is 45.9 Å². The van der Waals surface area contributed by atoms with Gasteiger partial charge in [0.1, 0.15) is 5.60 Å². The molecule has 1 N–H and O–H groups in total. The number of H-pyrrole nitrogens is 1. The van der Waals surface area contributed by atoms with Crippen LogP contribution in [0, 0.1) is 10.4 Å². The summed E-state index contributed by atoms with van der Waals surface area (Å²) in [5.74, 6) is 0. The lowest BCUT2D eigenvalue weighted by atomic mass is 10.0. The molecule has 0 fully saturated rings. The summed E-state index contributed by atoms with van der Waals surface area (Å²) in [6.07, 6.45) is 3.93. The van der Waals surface area contributed by atoms with Crippen molar-refractivity contribution in [2.45, 2.75) is 32.8 Å². The Morgan fingerprint density at radius 3 is 2.55 bits per heavy atom. The minimum Gasteiger partial charge on any atom is -0.712 e. The van der Waals surface area contributed by atoms with Crippen LogP contribution in [-0.4, -0.2) is 34.7 Å². The van der Waals surface area contributed by atoms with E-state index in [1.54, 1.807) is 17.2 Å². The Hall–Kier alpha value is -2.44. The molecule has 0 saturated carbocycles. The Labute approximate surface area is 128 Å². The Morgan fingerprint density at radius 2 is 2.09 bits per heavy atom. The lowest BCUT2D eigenvalue weighted by Gasteiger charge is -2.29. The summed E-state index contributed by atoms with van der Waals surface area (Å²) in [5, 5.41) is 21.2. The topological polar surface area (TPSA) is 94.5 Å². The maximum Gasteiger partial charge on any atom is 0.410 e. The smallest absolute Gasteiger partial charge is 0.410 e. The molecule has 0 spiro atoms. The molecule has 7 nitrogen and oxygen atoms in total. The largest absolute Gasteiger partial charge is 0.712 e. The van der Waals surface area contributed by atoms with E-state index in [2.05, 4.69) is 4.98 Å². The second-order valence-electron chi connectivity index (χ2n) is 6.13. The van der Waals surface area contributed by atoms with Crippen molar-refractivity contribution >= 4 is 11.7 Å². The normalized spacial score (nSPS) is 15.2. The predicted molar refractivity (Wildman–Crippen MR) is 83.2 cm³/mol. The summed E-state index contributed by atoms with van der Waals surface area (Å²) in [6, 6.07) is 3.15. The lowest BCUT2D eigenvalue weighted by molar-refractivity contribution is 0.0270. The van der Waals surface area contributed by atoms with Gasteiger partial charge in [-0.1, -0.05) is 6.08 Å². The fourth-order valence-electron chi connectivity index (χ4n) is 2.15. The molecule has 120 valence electrons. The molecule has 0 unspecified atom stereocenters. The van der Waals surface area contributed by atoms with E-state index >= 15 is 0 Å². The molecule has 1 aromatic rings. The van der Waals surface area contributed by atoms with Gasteiger partial charge in [0.2, 0.25) is 0 Å². The van der Waals surface area contributed by atoms with Gasteiger partial charge in [-0.25, -0.2) is 9.78 Å². The summed E-state index contributed by atoms with van der Waals surface area (Å²) < 4.78 is 5.34. The van der Waals surface area contributed by atoms with Crippen LogP contribution in [0.3, 0.4) is 0 Å². The van der Waals surface area contributed by atoms with Crippen molar-refractivity contribution < 1.29 is 9.53 Å². The minimum atomic E-state index is -0.506. The van der Waals surface area contributed by atoms with Crippen LogP contribution in [0.4, 0.5) is 4.79 Å². The lowest BCUT2D eigenvalue weighted by Crippen LogP contribution is -2.39. The van der Waals surface area contributed by atoms with Gasteiger partial charge in [0.25, 0.3) is 5.49 Å². The first-order valence-electron chi connectivity index (χ1n) is 7.10. The first-order chi connectivity index (χ1) is 10.3. The van der Waals surface area contributed by atoms with Crippen molar-refractivity contribution in [1.29, 1.82) is 0 Å². The molecule has 0 atom stereocenters. The highest BCUT2D eigenvalue weighted by Crippen LogP contribution is 2.22. The molecular weight excluding hydrogens is 286 g/mol. The zero-order chi connectivity index (χ0) is 16.3. The number of pyridine rings is 1. The number of nitrogens with one attached hydrogen (secondary N) is 1. The number of carbonyl (C=O) groups is 1. The number of aromatic amines is 1. The van der Waals surface area contributed by atoms with Crippen LogP contribution in [0.5, 0.6) is 0 Å². The summed E-state index contributed by atoms with van der Waals surface area (Å²) >= 11 is 0. The molecular formula is C15H20N3O4-. The highest BCUT2D eigenvalue weighted by molar-refractivity contribution is 5.72. The first kappa shape index (κ1) is 15.9. The molecule has 22 heavy (non-hydrogen) atoms. The third kappa shape index (κ3) is 4.03. The molecule has 0 bridgehead atoms. The molecule has 1 aliphatic heterocycles. The molecule has 2 rings (SSSR count). The zero-order valence-corrected chi connectivity index (χ0v) is 13.0. The number of carbonyl (C=O) groups excluding carboxylic acids is 1. The van der Waals surface area contributed by atoms with Gasteiger partial charge >= 0.3 is 6.09 Å². The van der Waals surface area contributed by atoms with Gasteiger partial charge in [0.15, 0.2) is 0 Å². The SMILES string of the molecule is CC(C)(C)OC(=O)N1CC=C(c2ccc(=[N+]([O-])[O-])[nH]c2)CC1.